The number of aliphatic hydroxyl groups is 1. The van der Waals surface area contributed by atoms with E-state index >= 15 is 0 Å². The maximum Gasteiger partial charge on any atom is 0.0772 e. The van der Waals surface area contributed by atoms with Crippen LogP contribution in [-0.4, -0.2) is 31.3 Å². The summed E-state index contributed by atoms with van der Waals surface area (Å²) in [7, 11) is 4.10. The van der Waals surface area contributed by atoms with E-state index in [1.807, 2.05) is 14.1 Å². The summed E-state index contributed by atoms with van der Waals surface area (Å²) >= 11 is 0. The van der Waals surface area contributed by atoms with Crippen LogP contribution in [0.3, 0.4) is 0 Å². The van der Waals surface area contributed by atoms with Gasteiger partial charge in [0.25, 0.3) is 0 Å². The zero-order valence-electron chi connectivity index (χ0n) is 13.9. The molecule has 1 aliphatic carbocycles. The third kappa shape index (κ3) is 4.72. The molecule has 0 atom stereocenters. The van der Waals surface area contributed by atoms with Crippen molar-refractivity contribution in [1.29, 1.82) is 0 Å². The molecule has 1 saturated carbocycles. The van der Waals surface area contributed by atoms with Crippen LogP contribution in [0.15, 0.2) is 24.3 Å². The molecule has 118 valence electrons. The molecular formula is C18H30N2O. The number of nitrogens with one attached hydrogen (secondary N) is 1. The van der Waals surface area contributed by atoms with E-state index < -0.39 is 5.60 Å². The van der Waals surface area contributed by atoms with Gasteiger partial charge in [0.1, 0.15) is 0 Å². The van der Waals surface area contributed by atoms with Gasteiger partial charge in [-0.2, -0.15) is 0 Å². The van der Waals surface area contributed by atoms with Crippen LogP contribution >= 0.6 is 0 Å². The molecule has 3 heteroatoms. The quantitative estimate of drug-likeness (QED) is 0.874. The van der Waals surface area contributed by atoms with Gasteiger partial charge in [-0.05, 0) is 48.8 Å². The first-order valence-corrected chi connectivity index (χ1v) is 7.99. The Bertz CT molecular complexity index is 441. The number of nitrogens with zero attached hydrogens (tertiary/aromatic N) is 1. The predicted octanol–water partition coefficient (Wildman–Crippen LogP) is 3.17. The Hall–Kier alpha value is -1.06. The molecule has 0 amide bonds. The third-order valence-electron chi connectivity index (χ3n) is 4.77. The Labute approximate surface area is 129 Å². The highest BCUT2D eigenvalue weighted by Crippen LogP contribution is 2.39. The van der Waals surface area contributed by atoms with E-state index in [0.717, 1.165) is 32.2 Å². The SMILES string of the molecule is CN(C)c1ccc(CNCC2(O)CCC(C)(C)CC2)cc1. The first-order chi connectivity index (χ1) is 9.80. The molecule has 1 aromatic rings. The Balaban J connectivity index is 1.79. The maximum atomic E-state index is 10.6. The van der Waals surface area contributed by atoms with Gasteiger partial charge in [-0.1, -0.05) is 26.0 Å². The summed E-state index contributed by atoms with van der Waals surface area (Å²) < 4.78 is 0. The number of anilines is 1. The van der Waals surface area contributed by atoms with Crippen molar-refractivity contribution < 1.29 is 5.11 Å². The summed E-state index contributed by atoms with van der Waals surface area (Å²) in [5.74, 6) is 0. The number of rotatable bonds is 5. The van der Waals surface area contributed by atoms with Crippen molar-refractivity contribution >= 4 is 5.69 Å². The molecule has 1 aromatic carbocycles. The van der Waals surface area contributed by atoms with Gasteiger partial charge in [-0.15, -0.1) is 0 Å². The molecule has 0 aliphatic heterocycles. The van der Waals surface area contributed by atoms with Crippen LogP contribution in [0.5, 0.6) is 0 Å². The second kappa shape index (κ2) is 6.37. The van der Waals surface area contributed by atoms with Gasteiger partial charge in [0.05, 0.1) is 5.60 Å². The fourth-order valence-corrected chi connectivity index (χ4v) is 2.92. The summed E-state index contributed by atoms with van der Waals surface area (Å²) in [4.78, 5) is 2.10. The van der Waals surface area contributed by atoms with Crippen molar-refractivity contribution in [2.24, 2.45) is 5.41 Å². The maximum absolute atomic E-state index is 10.6. The molecule has 3 nitrogen and oxygen atoms in total. The molecule has 0 unspecified atom stereocenters. The second-order valence-corrected chi connectivity index (χ2v) is 7.55. The van der Waals surface area contributed by atoms with Crippen molar-refractivity contribution in [2.75, 3.05) is 25.5 Å². The Kier molecular flexibility index (Phi) is 4.95. The highest BCUT2D eigenvalue weighted by atomic mass is 16.3. The molecule has 0 saturated heterocycles. The fraction of sp³-hybridized carbons (Fsp3) is 0.667. The second-order valence-electron chi connectivity index (χ2n) is 7.55. The summed E-state index contributed by atoms with van der Waals surface area (Å²) in [5.41, 5.74) is 2.36. The van der Waals surface area contributed by atoms with Crippen LogP contribution in [0.4, 0.5) is 5.69 Å². The van der Waals surface area contributed by atoms with Crippen molar-refractivity contribution in [1.82, 2.24) is 5.32 Å². The van der Waals surface area contributed by atoms with E-state index in [1.165, 1.54) is 11.3 Å². The predicted molar refractivity (Wildman–Crippen MR) is 89.7 cm³/mol. The fourth-order valence-electron chi connectivity index (χ4n) is 2.92. The summed E-state index contributed by atoms with van der Waals surface area (Å²) in [6.45, 7) is 6.11. The summed E-state index contributed by atoms with van der Waals surface area (Å²) in [5, 5.41) is 14.1. The molecule has 0 radical (unpaired) electrons. The third-order valence-corrected chi connectivity index (χ3v) is 4.77. The number of hydrogen-bond donors (Lipinski definition) is 2. The molecule has 2 rings (SSSR count). The first-order valence-electron chi connectivity index (χ1n) is 7.99. The molecule has 2 N–H and O–H groups in total. The van der Waals surface area contributed by atoms with Gasteiger partial charge in [-0.3, -0.25) is 0 Å². The topological polar surface area (TPSA) is 35.5 Å². The van der Waals surface area contributed by atoms with E-state index in [4.69, 9.17) is 0 Å². The van der Waals surface area contributed by atoms with Crippen LogP contribution in [0.2, 0.25) is 0 Å². The lowest BCUT2D eigenvalue weighted by molar-refractivity contribution is -0.0245. The van der Waals surface area contributed by atoms with Gasteiger partial charge in [0.15, 0.2) is 0 Å². The van der Waals surface area contributed by atoms with E-state index in [2.05, 4.69) is 48.3 Å². The first kappa shape index (κ1) is 16.3. The monoisotopic (exact) mass is 290 g/mol. The molecule has 0 spiro atoms. The lowest BCUT2D eigenvalue weighted by atomic mass is 9.71. The highest BCUT2D eigenvalue weighted by molar-refractivity contribution is 5.45. The van der Waals surface area contributed by atoms with E-state index in [0.29, 0.717) is 12.0 Å². The number of hydrogen-bond acceptors (Lipinski definition) is 3. The summed E-state index contributed by atoms with van der Waals surface area (Å²) in [6.07, 6.45) is 4.05. The van der Waals surface area contributed by atoms with E-state index in [1.54, 1.807) is 0 Å². The lowest BCUT2D eigenvalue weighted by Crippen LogP contribution is -2.44. The van der Waals surface area contributed by atoms with Crippen LogP contribution < -0.4 is 10.2 Å². The minimum atomic E-state index is -0.515. The van der Waals surface area contributed by atoms with Crippen molar-refractivity contribution in [2.45, 2.75) is 51.7 Å². The van der Waals surface area contributed by atoms with Gasteiger partial charge >= 0.3 is 0 Å². The van der Waals surface area contributed by atoms with Crippen LogP contribution in [0.25, 0.3) is 0 Å². The average molecular weight is 290 g/mol. The molecular weight excluding hydrogens is 260 g/mol. The average Bonchev–Trinajstić information content (AvgIpc) is 2.43. The Morgan fingerprint density at radius 1 is 1.05 bits per heavy atom. The van der Waals surface area contributed by atoms with Crippen molar-refractivity contribution in [3.8, 4) is 0 Å². The minimum absolute atomic E-state index is 0.397. The molecule has 0 aromatic heterocycles. The molecule has 1 fully saturated rings. The van der Waals surface area contributed by atoms with Gasteiger partial charge in [0, 0.05) is 32.9 Å². The molecule has 0 heterocycles. The van der Waals surface area contributed by atoms with Crippen LogP contribution in [0.1, 0.15) is 45.1 Å². The lowest BCUT2D eigenvalue weighted by Gasteiger charge is -2.40. The van der Waals surface area contributed by atoms with Gasteiger partial charge in [-0.25, -0.2) is 0 Å². The van der Waals surface area contributed by atoms with Gasteiger partial charge in [0.2, 0.25) is 0 Å². The van der Waals surface area contributed by atoms with Crippen molar-refractivity contribution in [3.05, 3.63) is 29.8 Å². The van der Waals surface area contributed by atoms with Crippen molar-refractivity contribution in [3.63, 3.8) is 0 Å². The van der Waals surface area contributed by atoms with Crippen LogP contribution in [0, 0.1) is 5.41 Å². The smallest absolute Gasteiger partial charge is 0.0772 e. The molecule has 0 bridgehead atoms. The zero-order chi connectivity index (χ0) is 15.5. The Morgan fingerprint density at radius 2 is 1.62 bits per heavy atom. The molecule has 21 heavy (non-hydrogen) atoms. The minimum Gasteiger partial charge on any atom is -0.389 e. The largest absolute Gasteiger partial charge is 0.389 e. The summed E-state index contributed by atoms with van der Waals surface area (Å²) in [6, 6.07) is 8.57. The number of benzene rings is 1. The normalized spacial score (nSPS) is 20.2. The standard InChI is InChI=1S/C18H30N2O/c1-17(2)9-11-18(21,12-10-17)14-19-13-15-5-7-16(8-6-15)20(3)4/h5-8,19,21H,9-14H2,1-4H3. The van der Waals surface area contributed by atoms with Gasteiger partial charge < -0.3 is 15.3 Å². The highest BCUT2D eigenvalue weighted by Gasteiger charge is 2.36. The zero-order valence-corrected chi connectivity index (χ0v) is 13.9. The molecule has 1 aliphatic rings. The van der Waals surface area contributed by atoms with Crippen LogP contribution in [-0.2, 0) is 6.54 Å². The van der Waals surface area contributed by atoms with E-state index in [-0.39, 0.29) is 0 Å². The van der Waals surface area contributed by atoms with E-state index in [9.17, 15) is 5.11 Å². The Morgan fingerprint density at radius 3 is 2.14 bits per heavy atom.